The van der Waals surface area contributed by atoms with Crippen LogP contribution in [0.3, 0.4) is 0 Å². The number of hydrogen-bond acceptors (Lipinski definition) is 7. The number of thioether (sulfide) groups is 1. The van der Waals surface area contributed by atoms with Crippen LogP contribution in [0.25, 0.3) is 5.82 Å². The molecule has 0 aliphatic heterocycles. The Labute approximate surface area is 137 Å². The van der Waals surface area contributed by atoms with Crippen LogP contribution in [0.15, 0.2) is 28.0 Å². The topological polar surface area (TPSA) is 82.5 Å². The molecule has 1 saturated carbocycles. The first-order valence-corrected chi connectivity index (χ1v) is 8.50. The minimum absolute atomic E-state index is 0.495. The molecule has 4 rings (SSSR count). The summed E-state index contributed by atoms with van der Waals surface area (Å²) in [5.74, 6) is 4.26. The minimum Gasteiger partial charge on any atom is -0.416 e. The molecule has 3 aromatic heterocycles. The molecule has 0 N–H and O–H groups in total. The summed E-state index contributed by atoms with van der Waals surface area (Å²) < 4.78 is 7.26. The maximum atomic E-state index is 5.41. The van der Waals surface area contributed by atoms with E-state index in [1.807, 2.05) is 23.7 Å². The van der Waals surface area contributed by atoms with E-state index in [0.717, 1.165) is 23.0 Å². The second-order valence-corrected chi connectivity index (χ2v) is 6.52. The van der Waals surface area contributed by atoms with E-state index in [-0.39, 0.29) is 0 Å². The number of aryl methyl sites for hydroxylation is 2. The van der Waals surface area contributed by atoms with Gasteiger partial charge in [0.1, 0.15) is 5.82 Å². The standard InChI is InChI=1S/C15H16N6OS/c1-9-4-3-7-16-14(9)21-12(17-13(20-21)11-5-6-11)8-23-15-19-18-10(2)22-15/h3-4,7,11H,5-6,8H2,1-2H3. The Morgan fingerprint density at radius 3 is 2.87 bits per heavy atom. The van der Waals surface area contributed by atoms with Crippen LogP contribution >= 0.6 is 11.8 Å². The highest BCUT2D eigenvalue weighted by Crippen LogP contribution is 2.38. The van der Waals surface area contributed by atoms with Gasteiger partial charge < -0.3 is 4.42 Å². The summed E-state index contributed by atoms with van der Waals surface area (Å²) in [6.07, 6.45) is 4.11. The lowest BCUT2D eigenvalue weighted by Gasteiger charge is -2.06. The predicted molar refractivity (Wildman–Crippen MR) is 84.5 cm³/mol. The third-order valence-electron chi connectivity index (χ3n) is 3.65. The molecular weight excluding hydrogens is 312 g/mol. The molecule has 0 bridgehead atoms. The Bertz CT molecular complexity index is 838. The van der Waals surface area contributed by atoms with E-state index in [0.29, 0.717) is 22.8 Å². The summed E-state index contributed by atoms with van der Waals surface area (Å²) in [4.78, 5) is 9.17. The monoisotopic (exact) mass is 328 g/mol. The van der Waals surface area contributed by atoms with Crippen molar-refractivity contribution in [3.8, 4) is 5.82 Å². The van der Waals surface area contributed by atoms with Crippen LogP contribution in [0, 0.1) is 13.8 Å². The van der Waals surface area contributed by atoms with Crippen LogP contribution in [0.2, 0.25) is 0 Å². The van der Waals surface area contributed by atoms with Gasteiger partial charge in [-0.15, -0.1) is 15.3 Å². The van der Waals surface area contributed by atoms with E-state index in [1.165, 1.54) is 24.6 Å². The maximum Gasteiger partial charge on any atom is 0.277 e. The second kappa shape index (κ2) is 5.77. The van der Waals surface area contributed by atoms with Gasteiger partial charge in [-0.25, -0.2) is 9.97 Å². The van der Waals surface area contributed by atoms with Gasteiger partial charge in [0.25, 0.3) is 5.22 Å². The van der Waals surface area contributed by atoms with Crippen molar-refractivity contribution in [3.63, 3.8) is 0 Å². The normalized spacial score (nSPS) is 14.3. The van der Waals surface area contributed by atoms with Crippen molar-refractivity contribution in [2.45, 2.75) is 43.6 Å². The van der Waals surface area contributed by atoms with Crippen LogP contribution in [0.4, 0.5) is 0 Å². The lowest BCUT2D eigenvalue weighted by Crippen LogP contribution is -2.06. The Hall–Kier alpha value is -2.22. The number of pyridine rings is 1. The molecule has 3 heterocycles. The van der Waals surface area contributed by atoms with Crippen molar-refractivity contribution < 1.29 is 4.42 Å². The van der Waals surface area contributed by atoms with Gasteiger partial charge in [0.15, 0.2) is 11.6 Å². The molecule has 8 heteroatoms. The van der Waals surface area contributed by atoms with Crippen molar-refractivity contribution in [3.05, 3.63) is 41.4 Å². The van der Waals surface area contributed by atoms with Gasteiger partial charge in [-0.3, -0.25) is 0 Å². The average molecular weight is 328 g/mol. The van der Waals surface area contributed by atoms with E-state index in [9.17, 15) is 0 Å². The van der Waals surface area contributed by atoms with Crippen LogP contribution in [-0.4, -0.2) is 29.9 Å². The van der Waals surface area contributed by atoms with Gasteiger partial charge in [0.05, 0.1) is 5.75 Å². The van der Waals surface area contributed by atoms with Crippen LogP contribution in [0.5, 0.6) is 0 Å². The SMILES string of the molecule is Cc1nnc(SCc2nc(C3CC3)nn2-c2ncccc2C)o1. The first-order chi connectivity index (χ1) is 11.2. The predicted octanol–water partition coefficient (Wildman–Crippen LogP) is 2.83. The van der Waals surface area contributed by atoms with Crippen molar-refractivity contribution in [1.82, 2.24) is 29.9 Å². The molecule has 0 unspecified atom stereocenters. The molecule has 0 amide bonds. The van der Waals surface area contributed by atoms with Crippen molar-refractivity contribution >= 4 is 11.8 Å². The number of nitrogens with zero attached hydrogens (tertiary/aromatic N) is 6. The zero-order chi connectivity index (χ0) is 15.8. The third-order valence-corrected chi connectivity index (χ3v) is 4.46. The van der Waals surface area contributed by atoms with Crippen molar-refractivity contribution in [2.24, 2.45) is 0 Å². The van der Waals surface area contributed by atoms with Gasteiger partial charge in [-0.1, -0.05) is 17.8 Å². The summed E-state index contributed by atoms with van der Waals surface area (Å²) in [6, 6.07) is 3.95. The van der Waals surface area contributed by atoms with E-state index < -0.39 is 0 Å². The summed E-state index contributed by atoms with van der Waals surface area (Å²) in [5.41, 5.74) is 1.07. The van der Waals surface area contributed by atoms with Crippen LogP contribution < -0.4 is 0 Å². The largest absolute Gasteiger partial charge is 0.416 e. The van der Waals surface area contributed by atoms with E-state index in [1.54, 1.807) is 13.1 Å². The molecule has 0 atom stereocenters. The highest BCUT2D eigenvalue weighted by molar-refractivity contribution is 7.98. The molecule has 1 aliphatic rings. The van der Waals surface area contributed by atoms with E-state index >= 15 is 0 Å². The molecule has 1 fully saturated rings. The van der Waals surface area contributed by atoms with Gasteiger partial charge >= 0.3 is 0 Å². The zero-order valence-electron chi connectivity index (χ0n) is 12.9. The zero-order valence-corrected chi connectivity index (χ0v) is 13.7. The summed E-state index contributed by atoms with van der Waals surface area (Å²) >= 11 is 1.46. The first kappa shape index (κ1) is 14.4. The highest BCUT2D eigenvalue weighted by Gasteiger charge is 2.29. The fraction of sp³-hybridized carbons (Fsp3) is 0.400. The van der Waals surface area contributed by atoms with Crippen molar-refractivity contribution in [2.75, 3.05) is 0 Å². The summed E-state index contributed by atoms with van der Waals surface area (Å²) in [7, 11) is 0. The summed E-state index contributed by atoms with van der Waals surface area (Å²) in [5, 5.41) is 13.1. The van der Waals surface area contributed by atoms with Crippen molar-refractivity contribution in [1.29, 1.82) is 0 Å². The first-order valence-electron chi connectivity index (χ1n) is 7.51. The molecular formula is C15H16N6OS. The Morgan fingerprint density at radius 1 is 1.30 bits per heavy atom. The smallest absolute Gasteiger partial charge is 0.277 e. The fourth-order valence-corrected chi connectivity index (χ4v) is 3.02. The fourth-order valence-electron chi connectivity index (χ4n) is 2.30. The average Bonchev–Trinajstić information content (AvgIpc) is 3.18. The molecule has 0 spiro atoms. The molecule has 0 saturated heterocycles. The van der Waals surface area contributed by atoms with Gasteiger partial charge in [-0.05, 0) is 31.4 Å². The molecule has 3 aromatic rings. The Kier molecular flexibility index (Phi) is 3.60. The Balaban J connectivity index is 1.65. The number of aromatic nitrogens is 6. The molecule has 7 nitrogen and oxygen atoms in total. The molecule has 118 valence electrons. The van der Waals surface area contributed by atoms with E-state index in [4.69, 9.17) is 9.40 Å². The second-order valence-electron chi connectivity index (χ2n) is 5.59. The van der Waals surface area contributed by atoms with Gasteiger partial charge in [0, 0.05) is 19.0 Å². The number of rotatable bonds is 5. The molecule has 0 aromatic carbocycles. The molecule has 23 heavy (non-hydrogen) atoms. The maximum absolute atomic E-state index is 5.41. The highest BCUT2D eigenvalue weighted by atomic mass is 32.2. The molecule has 0 radical (unpaired) electrons. The quantitative estimate of drug-likeness (QED) is 0.666. The summed E-state index contributed by atoms with van der Waals surface area (Å²) in [6.45, 7) is 3.81. The van der Waals surface area contributed by atoms with E-state index in [2.05, 4.69) is 20.3 Å². The number of hydrogen-bond donors (Lipinski definition) is 0. The van der Waals surface area contributed by atoms with Crippen LogP contribution in [-0.2, 0) is 5.75 Å². The Morgan fingerprint density at radius 2 is 2.17 bits per heavy atom. The van der Waals surface area contributed by atoms with Gasteiger partial charge in [0.2, 0.25) is 5.89 Å². The minimum atomic E-state index is 0.495. The lowest BCUT2D eigenvalue weighted by molar-refractivity contribution is 0.429. The molecule has 1 aliphatic carbocycles. The lowest BCUT2D eigenvalue weighted by atomic mass is 10.3. The van der Waals surface area contributed by atoms with Gasteiger partial charge in [-0.2, -0.15) is 4.68 Å². The van der Waals surface area contributed by atoms with Crippen LogP contribution in [0.1, 0.15) is 41.9 Å². The third kappa shape index (κ3) is 2.98.